The fraction of sp³-hybridized carbons (Fsp3) is 0.429. The van der Waals surface area contributed by atoms with Gasteiger partial charge < -0.3 is 9.47 Å². The van der Waals surface area contributed by atoms with Crippen LogP contribution in [0.4, 0.5) is 5.69 Å². The molecule has 112 valence electrons. The Morgan fingerprint density at radius 3 is 1.76 bits per heavy atom. The first-order chi connectivity index (χ1) is 9.83. The molecular formula is C14H17N3O4. The Hall–Kier alpha value is -2.53. The van der Waals surface area contributed by atoms with Gasteiger partial charge in [0.15, 0.2) is 0 Å². The van der Waals surface area contributed by atoms with Crippen molar-refractivity contribution < 1.29 is 19.1 Å². The molecule has 0 aliphatic heterocycles. The van der Waals surface area contributed by atoms with E-state index in [9.17, 15) is 9.59 Å². The monoisotopic (exact) mass is 291 g/mol. The molecule has 0 fully saturated rings. The zero-order valence-corrected chi connectivity index (χ0v) is 12.4. The van der Waals surface area contributed by atoms with Crippen LogP contribution in [0.15, 0.2) is 23.3 Å². The Morgan fingerprint density at radius 2 is 1.43 bits per heavy atom. The fourth-order valence-electron chi connectivity index (χ4n) is 1.52. The van der Waals surface area contributed by atoms with E-state index >= 15 is 0 Å². The lowest BCUT2D eigenvalue weighted by Crippen LogP contribution is -2.14. The van der Waals surface area contributed by atoms with Crippen LogP contribution >= 0.6 is 0 Å². The molecule has 0 spiro atoms. The fourth-order valence-corrected chi connectivity index (χ4v) is 1.52. The number of hydrogen-bond acceptors (Lipinski definition) is 5. The average Bonchev–Trinajstić information content (AvgIpc) is 2.37. The first-order valence-corrected chi connectivity index (χ1v) is 6.45. The molecule has 0 aliphatic rings. The van der Waals surface area contributed by atoms with Gasteiger partial charge in [-0.15, -0.1) is 0 Å². The zero-order chi connectivity index (χ0) is 16.0. The highest BCUT2D eigenvalue weighted by Crippen LogP contribution is 2.20. The second-order valence-electron chi connectivity index (χ2n) is 4.87. The summed E-state index contributed by atoms with van der Waals surface area (Å²) < 4.78 is 10.1. The highest BCUT2D eigenvalue weighted by Gasteiger charge is 2.16. The Balaban J connectivity index is 3.20. The minimum absolute atomic E-state index is 0.129. The molecule has 1 rings (SSSR count). The molecule has 7 heteroatoms. The molecule has 0 saturated heterocycles. The van der Waals surface area contributed by atoms with Crippen LogP contribution in [0.5, 0.6) is 0 Å². The summed E-state index contributed by atoms with van der Waals surface area (Å²) >= 11 is 0. The van der Waals surface area contributed by atoms with Gasteiger partial charge in [-0.25, -0.2) is 9.59 Å². The van der Waals surface area contributed by atoms with Crippen molar-refractivity contribution in [2.45, 2.75) is 39.9 Å². The van der Waals surface area contributed by atoms with Crippen molar-refractivity contribution in [2.75, 3.05) is 0 Å². The molecule has 7 nitrogen and oxygen atoms in total. The molecule has 0 amide bonds. The Labute approximate surface area is 122 Å². The third kappa shape index (κ3) is 5.16. The quantitative estimate of drug-likeness (QED) is 0.356. The second kappa shape index (κ2) is 7.31. The van der Waals surface area contributed by atoms with E-state index in [2.05, 4.69) is 10.0 Å². The summed E-state index contributed by atoms with van der Waals surface area (Å²) in [5.74, 6) is -1.20. The number of hydrogen-bond donors (Lipinski definition) is 0. The summed E-state index contributed by atoms with van der Waals surface area (Å²) in [6.45, 7) is 6.85. The Kier molecular flexibility index (Phi) is 5.75. The van der Waals surface area contributed by atoms with E-state index in [0.717, 1.165) is 0 Å². The third-order valence-corrected chi connectivity index (χ3v) is 2.23. The molecular weight excluding hydrogens is 274 g/mol. The summed E-state index contributed by atoms with van der Waals surface area (Å²) in [6.07, 6.45) is -0.599. The highest BCUT2D eigenvalue weighted by molar-refractivity contribution is 5.96. The molecule has 0 bridgehead atoms. The van der Waals surface area contributed by atoms with Gasteiger partial charge in [-0.3, -0.25) is 0 Å². The zero-order valence-electron chi connectivity index (χ0n) is 12.4. The van der Waals surface area contributed by atoms with Crippen molar-refractivity contribution in [1.29, 1.82) is 0 Å². The molecule has 0 aromatic heterocycles. The van der Waals surface area contributed by atoms with E-state index in [1.165, 1.54) is 18.2 Å². The van der Waals surface area contributed by atoms with Gasteiger partial charge in [0.25, 0.3) is 0 Å². The summed E-state index contributed by atoms with van der Waals surface area (Å²) in [4.78, 5) is 26.4. The number of carbonyl (C=O) groups excluding carboxylic acids is 2. The van der Waals surface area contributed by atoms with Crippen LogP contribution in [0.3, 0.4) is 0 Å². The highest BCUT2D eigenvalue weighted by atomic mass is 16.5. The average molecular weight is 291 g/mol. The van der Waals surface area contributed by atoms with Gasteiger partial charge in [0.1, 0.15) is 0 Å². The topological polar surface area (TPSA) is 101 Å². The van der Waals surface area contributed by atoms with Crippen LogP contribution in [0.2, 0.25) is 0 Å². The number of azide groups is 1. The summed E-state index contributed by atoms with van der Waals surface area (Å²) in [5, 5.41) is 3.42. The largest absolute Gasteiger partial charge is 0.459 e. The van der Waals surface area contributed by atoms with Gasteiger partial charge in [0, 0.05) is 10.6 Å². The molecule has 0 radical (unpaired) electrons. The molecule has 0 heterocycles. The minimum atomic E-state index is -0.599. The standard InChI is InChI=1S/C14H17N3O4/c1-8(2)20-13(18)10-5-11(14(19)21-9(3)4)7-12(6-10)16-17-15/h5-9H,1-4H3. The maximum absolute atomic E-state index is 11.9. The van der Waals surface area contributed by atoms with Gasteiger partial charge in [-0.2, -0.15) is 0 Å². The predicted octanol–water partition coefficient (Wildman–Crippen LogP) is 3.76. The van der Waals surface area contributed by atoms with E-state index in [0.29, 0.717) is 0 Å². The van der Waals surface area contributed by atoms with E-state index in [1.54, 1.807) is 27.7 Å². The van der Waals surface area contributed by atoms with Gasteiger partial charge in [0.2, 0.25) is 0 Å². The van der Waals surface area contributed by atoms with E-state index < -0.39 is 11.9 Å². The van der Waals surface area contributed by atoms with Gasteiger partial charge >= 0.3 is 11.9 Å². The number of carbonyl (C=O) groups is 2. The van der Waals surface area contributed by atoms with E-state index in [4.69, 9.17) is 15.0 Å². The van der Waals surface area contributed by atoms with Gasteiger partial charge in [-0.05, 0) is 51.4 Å². The van der Waals surface area contributed by atoms with Crippen LogP contribution in [0.1, 0.15) is 48.4 Å². The molecule has 0 atom stereocenters. The Bertz CT molecular complexity index is 550. The predicted molar refractivity (Wildman–Crippen MR) is 76.4 cm³/mol. The lowest BCUT2D eigenvalue weighted by Gasteiger charge is -2.11. The first kappa shape index (κ1) is 16.5. The van der Waals surface area contributed by atoms with E-state index in [1.807, 2.05) is 0 Å². The van der Waals surface area contributed by atoms with Crippen molar-refractivity contribution in [2.24, 2.45) is 5.11 Å². The smallest absolute Gasteiger partial charge is 0.338 e. The minimum Gasteiger partial charge on any atom is -0.459 e. The maximum atomic E-state index is 11.9. The molecule has 0 unspecified atom stereocenters. The van der Waals surface area contributed by atoms with Crippen molar-refractivity contribution in [1.82, 2.24) is 0 Å². The van der Waals surface area contributed by atoms with Crippen LogP contribution in [0.25, 0.3) is 10.4 Å². The molecule has 1 aromatic carbocycles. The van der Waals surface area contributed by atoms with Crippen molar-refractivity contribution in [3.05, 3.63) is 39.8 Å². The number of rotatable bonds is 5. The van der Waals surface area contributed by atoms with Crippen molar-refractivity contribution in [3.63, 3.8) is 0 Å². The number of nitrogens with zero attached hydrogens (tertiary/aromatic N) is 3. The molecule has 0 saturated carbocycles. The van der Waals surface area contributed by atoms with Crippen LogP contribution in [-0.2, 0) is 9.47 Å². The molecule has 21 heavy (non-hydrogen) atoms. The van der Waals surface area contributed by atoms with Gasteiger partial charge in [0.05, 0.1) is 23.3 Å². The van der Waals surface area contributed by atoms with Crippen LogP contribution in [-0.4, -0.2) is 24.1 Å². The van der Waals surface area contributed by atoms with Crippen molar-refractivity contribution in [3.8, 4) is 0 Å². The summed E-state index contributed by atoms with van der Waals surface area (Å²) in [5.41, 5.74) is 8.90. The SMILES string of the molecule is CC(C)OC(=O)c1cc(N=[N+]=[N-])cc(C(=O)OC(C)C)c1. The van der Waals surface area contributed by atoms with Crippen molar-refractivity contribution >= 4 is 17.6 Å². The second-order valence-corrected chi connectivity index (χ2v) is 4.87. The lowest BCUT2D eigenvalue weighted by atomic mass is 10.1. The normalized spacial score (nSPS) is 10.2. The Morgan fingerprint density at radius 1 is 1.00 bits per heavy atom. The third-order valence-electron chi connectivity index (χ3n) is 2.23. The lowest BCUT2D eigenvalue weighted by molar-refractivity contribution is 0.0377. The van der Waals surface area contributed by atoms with E-state index in [-0.39, 0.29) is 29.0 Å². The first-order valence-electron chi connectivity index (χ1n) is 6.45. The molecule has 1 aromatic rings. The molecule has 0 N–H and O–H groups in total. The van der Waals surface area contributed by atoms with Crippen LogP contribution in [0, 0.1) is 0 Å². The number of ether oxygens (including phenoxy) is 2. The number of benzene rings is 1. The summed E-state index contributed by atoms with van der Waals surface area (Å²) in [6, 6.07) is 4.07. The number of esters is 2. The maximum Gasteiger partial charge on any atom is 0.338 e. The molecule has 0 aliphatic carbocycles. The van der Waals surface area contributed by atoms with Crippen LogP contribution < -0.4 is 0 Å². The summed E-state index contributed by atoms with van der Waals surface area (Å²) in [7, 11) is 0. The van der Waals surface area contributed by atoms with Gasteiger partial charge in [-0.1, -0.05) is 5.11 Å².